The molecule has 2 rings (SSSR count). The van der Waals surface area contributed by atoms with Crippen LogP contribution in [0.1, 0.15) is 12.0 Å². The first-order chi connectivity index (χ1) is 7.25. The van der Waals surface area contributed by atoms with Crippen LogP contribution in [0.3, 0.4) is 0 Å². The average Bonchev–Trinajstić information content (AvgIpc) is 2.22. The molecule has 15 heavy (non-hydrogen) atoms. The number of rotatable bonds is 2. The van der Waals surface area contributed by atoms with Crippen LogP contribution >= 0.6 is 0 Å². The highest BCUT2D eigenvalue weighted by molar-refractivity contribution is 5.27. The fraction of sp³-hybridized carbons (Fsp3) is 0.500. The van der Waals surface area contributed by atoms with Gasteiger partial charge >= 0.3 is 0 Å². The first kappa shape index (κ1) is 10.5. The molecule has 1 heterocycles. The summed E-state index contributed by atoms with van der Waals surface area (Å²) in [5.41, 5.74) is 1.15. The highest BCUT2D eigenvalue weighted by Crippen LogP contribution is 2.18. The molecule has 1 aromatic carbocycles. The van der Waals surface area contributed by atoms with Crippen molar-refractivity contribution in [3.63, 3.8) is 0 Å². The Bertz CT molecular complexity index is 324. The molecule has 0 bridgehead atoms. The van der Waals surface area contributed by atoms with Gasteiger partial charge in [0.1, 0.15) is 11.9 Å². The Labute approximate surface area is 89.6 Å². The first-order valence-corrected chi connectivity index (χ1v) is 5.25. The highest BCUT2D eigenvalue weighted by atomic mass is 16.5. The summed E-state index contributed by atoms with van der Waals surface area (Å²) in [6.07, 6.45) is -0.00366. The maximum Gasteiger partial charge on any atom is 0.148 e. The monoisotopic (exact) mass is 208 g/mol. The van der Waals surface area contributed by atoms with Crippen molar-refractivity contribution in [1.82, 2.24) is 0 Å². The average molecular weight is 208 g/mol. The van der Waals surface area contributed by atoms with E-state index in [-0.39, 0.29) is 6.10 Å². The lowest BCUT2D eigenvalue weighted by Gasteiger charge is -2.28. The molecule has 2 unspecified atom stereocenters. The molecule has 3 heteroatoms. The van der Waals surface area contributed by atoms with Crippen LogP contribution in [0, 0.1) is 6.92 Å². The molecule has 1 aliphatic rings. The minimum absolute atomic E-state index is 0.236. The van der Waals surface area contributed by atoms with Gasteiger partial charge in [-0.25, -0.2) is 0 Å². The Balaban J connectivity index is 2.01. The Morgan fingerprint density at radius 1 is 1.47 bits per heavy atom. The maximum absolute atomic E-state index is 9.69. The molecule has 0 amide bonds. The van der Waals surface area contributed by atoms with Crippen LogP contribution < -0.4 is 4.74 Å². The number of aryl methyl sites for hydroxylation is 1. The van der Waals surface area contributed by atoms with Gasteiger partial charge in [-0.15, -0.1) is 0 Å². The van der Waals surface area contributed by atoms with Crippen molar-refractivity contribution in [2.24, 2.45) is 0 Å². The van der Waals surface area contributed by atoms with Gasteiger partial charge in [-0.1, -0.05) is 12.1 Å². The molecule has 0 aliphatic carbocycles. The zero-order chi connectivity index (χ0) is 10.7. The van der Waals surface area contributed by atoms with Gasteiger partial charge in [-0.2, -0.15) is 0 Å². The molecule has 0 spiro atoms. The van der Waals surface area contributed by atoms with E-state index in [0.717, 1.165) is 11.3 Å². The fourth-order valence-electron chi connectivity index (χ4n) is 1.68. The van der Waals surface area contributed by atoms with E-state index in [1.165, 1.54) is 0 Å². The van der Waals surface area contributed by atoms with Crippen molar-refractivity contribution in [3.8, 4) is 5.75 Å². The summed E-state index contributed by atoms with van der Waals surface area (Å²) >= 11 is 0. The lowest BCUT2D eigenvalue weighted by Crippen LogP contribution is -2.40. The number of benzene rings is 1. The van der Waals surface area contributed by atoms with Crippen LogP contribution in [0.5, 0.6) is 5.75 Å². The predicted molar refractivity (Wildman–Crippen MR) is 57.0 cm³/mol. The Morgan fingerprint density at radius 2 is 2.33 bits per heavy atom. The van der Waals surface area contributed by atoms with Gasteiger partial charge in [0.25, 0.3) is 0 Å². The van der Waals surface area contributed by atoms with Crippen LogP contribution in [-0.2, 0) is 4.74 Å². The topological polar surface area (TPSA) is 38.7 Å². The Kier molecular flexibility index (Phi) is 3.23. The van der Waals surface area contributed by atoms with Crippen LogP contribution in [0.2, 0.25) is 0 Å². The van der Waals surface area contributed by atoms with E-state index in [0.29, 0.717) is 19.6 Å². The molecule has 3 nitrogen and oxygen atoms in total. The number of ether oxygens (including phenoxy) is 2. The molecule has 1 N–H and O–H groups in total. The number of hydrogen-bond donors (Lipinski definition) is 1. The standard InChI is InChI=1S/C12H16O3/c1-9-3-2-4-10(7-9)15-12-8-14-6-5-11(12)13/h2-4,7,11-13H,5-6,8H2,1H3. The quantitative estimate of drug-likeness (QED) is 0.801. The summed E-state index contributed by atoms with van der Waals surface area (Å²) < 4.78 is 10.9. The summed E-state index contributed by atoms with van der Waals surface area (Å²) in [5, 5.41) is 9.69. The second-order valence-corrected chi connectivity index (χ2v) is 3.90. The molecular weight excluding hydrogens is 192 g/mol. The summed E-state index contributed by atoms with van der Waals surface area (Å²) in [4.78, 5) is 0. The van der Waals surface area contributed by atoms with E-state index < -0.39 is 6.10 Å². The van der Waals surface area contributed by atoms with Gasteiger partial charge < -0.3 is 14.6 Å². The van der Waals surface area contributed by atoms with E-state index in [1.807, 2.05) is 31.2 Å². The third-order valence-electron chi connectivity index (χ3n) is 2.55. The van der Waals surface area contributed by atoms with Crippen molar-refractivity contribution in [1.29, 1.82) is 0 Å². The zero-order valence-electron chi connectivity index (χ0n) is 8.85. The molecule has 0 aromatic heterocycles. The molecule has 1 saturated heterocycles. The lowest BCUT2D eigenvalue weighted by atomic mass is 10.1. The van der Waals surface area contributed by atoms with E-state index in [2.05, 4.69) is 0 Å². The summed E-state index contributed by atoms with van der Waals surface area (Å²) in [6.45, 7) is 3.10. The molecule has 1 aromatic rings. The zero-order valence-corrected chi connectivity index (χ0v) is 8.85. The van der Waals surface area contributed by atoms with Crippen molar-refractivity contribution in [3.05, 3.63) is 29.8 Å². The summed E-state index contributed by atoms with van der Waals surface area (Å²) in [6, 6.07) is 7.82. The second kappa shape index (κ2) is 4.64. The number of hydrogen-bond acceptors (Lipinski definition) is 3. The van der Waals surface area contributed by atoms with E-state index in [4.69, 9.17) is 9.47 Å². The van der Waals surface area contributed by atoms with Crippen molar-refractivity contribution < 1.29 is 14.6 Å². The van der Waals surface area contributed by atoms with Crippen molar-refractivity contribution in [2.45, 2.75) is 25.6 Å². The molecule has 2 atom stereocenters. The fourth-order valence-corrected chi connectivity index (χ4v) is 1.68. The van der Waals surface area contributed by atoms with Gasteiger partial charge in [0.05, 0.1) is 12.7 Å². The third-order valence-corrected chi connectivity index (χ3v) is 2.55. The molecule has 1 aliphatic heterocycles. The van der Waals surface area contributed by atoms with Crippen LogP contribution in [0.15, 0.2) is 24.3 Å². The van der Waals surface area contributed by atoms with E-state index in [1.54, 1.807) is 0 Å². The normalized spacial score (nSPS) is 26.3. The van der Waals surface area contributed by atoms with Crippen molar-refractivity contribution >= 4 is 0 Å². The second-order valence-electron chi connectivity index (χ2n) is 3.90. The van der Waals surface area contributed by atoms with Crippen LogP contribution in [0.4, 0.5) is 0 Å². The Hall–Kier alpha value is -1.06. The van der Waals surface area contributed by atoms with Gasteiger partial charge in [0.2, 0.25) is 0 Å². The van der Waals surface area contributed by atoms with Crippen LogP contribution in [0.25, 0.3) is 0 Å². The largest absolute Gasteiger partial charge is 0.485 e. The summed E-state index contributed by atoms with van der Waals surface area (Å²) in [7, 11) is 0. The summed E-state index contributed by atoms with van der Waals surface area (Å²) in [5.74, 6) is 0.796. The molecule has 1 fully saturated rings. The molecule has 82 valence electrons. The van der Waals surface area contributed by atoms with Gasteiger partial charge in [-0.05, 0) is 24.6 Å². The van der Waals surface area contributed by atoms with E-state index >= 15 is 0 Å². The molecule has 0 radical (unpaired) electrons. The number of aliphatic hydroxyl groups is 1. The predicted octanol–water partition coefficient (Wildman–Crippen LogP) is 1.52. The van der Waals surface area contributed by atoms with Gasteiger partial charge in [0.15, 0.2) is 0 Å². The van der Waals surface area contributed by atoms with Gasteiger partial charge in [-0.3, -0.25) is 0 Å². The maximum atomic E-state index is 9.69. The molecule has 0 saturated carbocycles. The highest BCUT2D eigenvalue weighted by Gasteiger charge is 2.25. The molecular formula is C12H16O3. The smallest absolute Gasteiger partial charge is 0.148 e. The first-order valence-electron chi connectivity index (χ1n) is 5.25. The van der Waals surface area contributed by atoms with Crippen LogP contribution in [-0.4, -0.2) is 30.5 Å². The lowest BCUT2D eigenvalue weighted by molar-refractivity contribution is -0.0735. The van der Waals surface area contributed by atoms with E-state index in [9.17, 15) is 5.11 Å². The third kappa shape index (κ3) is 2.70. The SMILES string of the molecule is Cc1cccc(OC2COCCC2O)c1. The minimum atomic E-state index is -0.417. The van der Waals surface area contributed by atoms with Gasteiger partial charge in [0, 0.05) is 13.0 Å². The Morgan fingerprint density at radius 3 is 3.07 bits per heavy atom. The minimum Gasteiger partial charge on any atom is -0.485 e. The van der Waals surface area contributed by atoms with Crippen molar-refractivity contribution in [2.75, 3.05) is 13.2 Å². The number of aliphatic hydroxyl groups excluding tert-OH is 1.